The molecule has 0 bridgehead atoms. The van der Waals surface area contributed by atoms with Crippen LogP contribution in [0.1, 0.15) is 12.5 Å². The molecule has 1 aromatic carbocycles. The van der Waals surface area contributed by atoms with Crippen molar-refractivity contribution < 1.29 is 4.39 Å². The Hall–Kier alpha value is -0.500. The minimum Gasteiger partial charge on any atom is -0.207 e. The summed E-state index contributed by atoms with van der Waals surface area (Å²) in [7, 11) is 0. The molecule has 0 nitrogen and oxygen atoms in total. The monoisotopic (exact) mass is 170 g/mol. The molecule has 0 amide bonds. The van der Waals surface area contributed by atoms with Crippen LogP contribution in [0.25, 0.3) is 0 Å². The van der Waals surface area contributed by atoms with Gasteiger partial charge in [-0.1, -0.05) is 19.1 Å². The molecular formula is C9H11FS. The molecule has 0 N–H and O–H groups in total. The average molecular weight is 170 g/mol. The molecule has 0 unspecified atom stereocenters. The third kappa shape index (κ3) is 2.93. The van der Waals surface area contributed by atoms with E-state index in [2.05, 4.69) is 6.92 Å². The summed E-state index contributed by atoms with van der Waals surface area (Å²) < 4.78 is 12.4. The standard InChI is InChI=1S/C9H11FS/c1-2-11-7-8-3-5-9(10)6-4-8/h3-6H,2,7H2,1H3. The van der Waals surface area contributed by atoms with Crippen molar-refractivity contribution in [2.75, 3.05) is 5.75 Å². The van der Waals surface area contributed by atoms with Gasteiger partial charge in [-0.25, -0.2) is 4.39 Å². The minimum absolute atomic E-state index is 0.157. The van der Waals surface area contributed by atoms with Crippen molar-refractivity contribution in [3.63, 3.8) is 0 Å². The number of rotatable bonds is 3. The second-order valence-corrected chi connectivity index (χ2v) is 3.54. The summed E-state index contributed by atoms with van der Waals surface area (Å²) in [6.45, 7) is 2.12. The lowest BCUT2D eigenvalue weighted by Crippen LogP contribution is -1.81. The van der Waals surface area contributed by atoms with Gasteiger partial charge in [-0.05, 0) is 23.4 Å². The number of hydrogen-bond donors (Lipinski definition) is 0. The van der Waals surface area contributed by atoms with Crippen LogP contribution in [0.4, 0.5) is 4.39 Å². The van der Waals surface area contributed by atoms with Crippen molar-refractivity contribution in [2.45, 2.75) is 12.7 Å². The Bertz CT molecular complexity index is 205. The Balaban J connectivity index is 2.52. The Morgan fingerprint density at radius 3 is 2.45 bits per heavy atom. The van der Waals surface area contributed by atoms with Crippen molar-refractivity contribution in [3.05, 3.63) is 35.6 Å². The van der Waals surface area contributed by atoms with Gasteiger partial charge < -0.3 is 0 Å². The molecule has 60 valence electrons. The van der Waals surface area contributed by atoms with Gasteiger partial charge in [0.15, 0.2) is 0 Å². The predicted octanol–water partition coefficient (Wildman–Crippen LogP) is 3.08. The van der Waals surface area contributed by atoms with E-state index >= 15 is 0 Å². The maximum atomic E-state index is 12.4. The van der Waals surface area contributed by atoms with Crippen LogP contribution in [0.5, 0.6) is 0 Å². The largest absolute Gasteiger partial charge is 0.207 e. The lowest BCUT2D eigenvalue weighted by molar-refractivity contribution is 0.627. The molecule has 2 heteroatoms. The van der Waals surface area contributed by atoms with Crippen LogP contribution < -0.4 is 0 Å². The fourth-order valence-electron chi connectivity index (χ4n) is 0.801. The molecule has 0 aliphatic carbocycles. The maximum Gasteiger partial charge on any atom is 0.123 e. The highest BCUT2D eigenvalue weighted by atomic mass is 32.2. The van der Waals surface area contributed by atoms with Gasteiger partial charge in [0.1, 0.15) is 5.82 Å². The molecule has 0 spiro atoms. The molecule has 0 radical (unpaired) electrons. The van der Waals surface area contributed by atoms with Crippen molar-refractivity contribution >= 4 is 11.8 Å². The van der Waals surface area contributed by atoms with Crippen LogP contribution in [0.2, 0.25) is 0 Å². The van der Waals surface area contributed by atoms with E-state index in [4.69, 9.17) is 0 Å². The van der Waals surface area contributed by atoms with Gasteiger partial charge in [-0.15, -0.1) is 0 Å². The quantitative estimate of drug-likeness (QED) is 0.671. The molecule has 0 heterocycles. The predicted molar refractivity (Wildman–Crippen MR) is 48.2 cm³/mol. The number of halogens is 1. The highest BCUT2D eigenvalue weighted by Gasteiger charge is 1.91. The van der Waals surface area contributed by atoms with E-state index in [1.54, 1.807) is 0 Å². The third-order valence-electron chi connectivity index (χ3n) is 1.39. The van der Waals surface area contributed by atoms with Gasteiger partial charge in [0, 0.05) is 5.75 Å². The van der Waals surface area contributed by atoms with E-state index in [-0.39, 0.29) is 5.82 Å². The molecule has 0 fully saturated rings. The van der Waals surface area contributed by atoms with Crippen molar-refractivity contribution in [1.29, 1.82) is 0 Å². The van der Waals surface area contributed by atoms with Crippen LogP contribution >= 0.6 is 11.8 Å². The summed E-state index contributed by atoms with van der Waals surface area (Å²) in [5, 5.41) is 0. The van der Waals surface area contributed by atoms with E-state index in [9.17, 15) is 4.39 Å². The Labute approximate surface area is 70.8 Å². The van der Waals surface area contributed by atoms with Gasteiger partial charge in [-0.3, -0.25) is 0 Å². The maximum absolute atomic E-state index is 12.4. The Morgan fingerprint density at radius 1 is 1.27 bits per heavy atom. The number of thioether (sulfide) groups is 1. The van der Waals surface area contributed by atoms with E-state index < -0.39 is 0 Å². The van der Waals surface area contributed by atoms with E-state index in [0.717, 1.165) is 11.5 Å². The lowest BCUT2D eigenvalue weighted by Gasteiger charge is -1.97. The van der Waals surface area contributed by atoms with Gasteiger partial charge in [0.25, 0.3) is 0 Å². The fraction of sp³-hybridized carbons (Fsp3) is 0.333. The zero-order chi connectivity index (χ0) is 8.10. The molecule has 1 aromatic rings. The third-order valence-corrected chi connectivity index (χ3v) is 2.33. The summed E-state index contributed by atoms with van der Waals surface area (Å²) in [5.74, 6) is 1.93. The molecule has 11 heavy (non-hydrogen) atoms. The zero-order valence-corrected chi connectivity index (χ0v) is 7.33. The van der Waals surface area contributed by atoms with Gasteiger partial charge in [0.2, 0.25) is 0 Å². The normalized spacial score (nSPS) is 10.0. The number of benzene rings is 1. The zero-order valence-electron chi connectivity index (χ0n) is 6.51. The summed E-state index contributed by atoms with van der Waals surface area (Å²) in [6, 6.07) is 6.67. The summed E-state index contributed by atoms with van der Waals surface area (Å²) in [4.78, 5) is 0. The first kappa shape index (κ1) is 8.60. The Morgan fingerprint density at radius 2 is 1.91 bits per heavy atom. The summed E-state index contributed by atoms with van der Waals surface area (Å²) in [6.07, 6.45) is 0. The molecule has 0 saturated heterocycles. The summed E-state index contributed by atoms with van der Waals surface area (Å²) >= 11 is 1.84. The first-order valence-electron chi connectivity index (χ1n) is 3.65. The second-order valence-electron chi connectivity index (χ2n) is 2.26. The number of hydrogen-bond acceptors (Lipinski definition) is 1. The smallest absolute Gasteiger partial charge is 0.123 e. The molecule has 0 aliphatic heterocycles. The summed E-state index contributed by atoms with van der Waals surface area (Å²) in [5.41, 5.74) is 1.19. The van der Waals surface area contributed by atoms with E-state index in [0.29, 0.717) is 0 Å². The molecule has 0 atom stereocenters. The van der Waals surface area contributed by atoms with Gasteiger partial charge in [0.05, 0.1) is 0 Å². The molecule has 0 saturated carbocycles. The molecular weight excluding hydrogens is 159 g/mol. The van der Waals surface area contributed by atoms with E-state index in [1.807, 2.05) is 23.9 Å². The van der Waals surface area contributed by atoms with Crippen LogP contribution in [0.15, 0.2) is 24.3 Å². The first-order valence-corrected chi connectivity index (χ1v) is 4.80. The van der Waals surface area contributed by atoms with Crippen LogP contribution in [-0.2, 0) is 5.75 Å². The van der Waals surface area contributed by atoms with Crippen molar-refractivity contribution in [3.8, 4) is 0 Å². The highest BCUT2D eigenvalue weighted by molar-refractivity contribution is 7.98. The van der Waals surface area contributed by atoms with E-state index in [1.165, 1.54) is 17.7 Å². The lowest BCUT2D eigenvalue weighted by atomic mass is 10.2. The second kappa shape index (κ2) is 4.39. The molecule has 0 aromatic heterocycles. The Kier molecular flexibility index (Phi) is 3.43. The first-order chi connectivity index (χ1) is 5.33. The van der Waals surface area contributed by atoms with Crippen LogP contribution in [0.3, 0.4) is 0 Å². The topological polar surface area (TPSA) is 0 Å². The van der Waals surface area contributed by atoms with Gasteiger partial charge in [-0.2, -0.15) is 11.8 Å². The van der Waals surface area contributed by atoms with Crippen molar-refractivity contribution in [2.24, 2.45) is 0 Å². The van der Waals surface area contributed by atoms with Crippen molar-refractivity contribution in [1.82, 2.24) is 0 Å². The van der Waals surface area contributed by atoms with Crippen LogP contribution in [-0.4, -0.2) is 5.75 Å². The van der Waals surface area contributed by atoms with Crippen LogP contribution in [0, 0.1) is 5.82 Å². The fourth-order valence-corrected chi connectivity index (χ4v) is 1.43. The minimum atomic E-state index is -0.157. The average Bonchev–Trinajstić information content (AvgIpc) is 2.04. The molecule has 1 rings (SSSR count). The molecule has 0 aliphatic rings. The SMILES string of the molecule is CCSCc1ccc(F)cc1. The highest BCUT2D eigenvalue weighted by Crippen LogP contribution is 2.11. The van der Waals surface area contributed by atoms with Gasteiger partial charge >= 0.3 is 0 Å².